The van der Waals surface area contributed by atoms with Gasteiger partial charge in [-0.15, -0.1) is 0 Å². The molecule has 2 N–H and O–H groups in total. The van der Waals surface area contributed by atoms with Crippen molar-refractivity contribution in [1.29, 1.82) is 0 Å². The highest BCUT2D eigenvalue weighted by Gasteiger charge is 2.29. The average molecular weight is 282 g/mol. The molecule has 4 nitrogen and oxygen atoms in total. The molecule has 5 heteroatoms. The molecule has 1 aromatic rings. The molecule has 2 unspecified atom stereocenters. The Morgan fingerprint density at radius 2 is 2.11 bits per heavy atom. The Balaban J connectivity index is 2.09. The Labute approximate surface area is 115 Å². The van der Waals surface area contributed by atoms with Gasteiger partial charge in [0.15, 0.2) is 0 Å². The fourth-order valence-electron chi connectivity index (χ4n) is 2.45. The van der Waals surface area contributed by atoms with Crippen LogP contribution < -0.4 is 10.0 Å². The first kappa shape index (κ1) is 14.5. The van der Waals surface area contributed by atoms with Gasteiger partial charge in [-0.1, -0.05) is 37.3 Å². The predicted molar refractivity (Wildman–Crippen MR) is 77.4 cm³/mol. The normalized spacial score (nSPS) is 22.1. The molecule has 1 heterocycles. The van der Waals surface area contributed by atoms with Gasteiger partial charge in [-0.2, -0.15) is 0 Å². The number of nitrogens with one attached hydrogen (secondary N) is 2. The van der Waals surface area contributed by atoms with Crippen LogP contribution in [-0.4, -0.2) is 26.8 Å². The van der Waals surface area contributed by atoms with Gasteiger partial charge >= 0.3 is 0 Å². The maximum absolute atomic E-state index is 12.4. The summed E-state index contributed by atoms with van der Waals surface area (Å²) in [6.07, 6.45) is 2.42. The van der Waals surface area contributed by atoms with Crippen LogP contribution in [0.25, 0.3) is 0 Å². The van der Waals surface area contributed by atoms with Gasteiger partial charge in [0, 0.05) is 12.6 Å². The molecule has 1 aliphatic rings. The minimum atomic E-state index is -3.26. The molecule has 1 aliphatic heterocycles. The molecule has 0 saturated carbocycles. The maximum atomic E-state index is 12.4. The molecule has 1 fully saturated rings. The zero-order valence-electron chi connectivity index (χ0n) is 11.3. The molecule has 0 bridgehead atoms. The number of benzene rings is 1. The molecule has 0 radical (unpaired) electrons. The van der Waals surface area contributed by atoms with Crippen LogP contribution in [-0.2, 0) is 10.0 Å². The largest absolute Gasteiger partial charge is 0.315 e. The van der Waals surface area contributed by atoms with Gasteiger partial charge in [-0.3, -0.25) is 0 Å². The summed E-state index contributed by atoms with van der Waals surface area (Å²) in [5, 5.41) is 2.85. The summed E-state index contributed by atoms with van der Waals surface area (Å²) in [4.78, 5) is 0. The molecular weight excluding hydrogens is 260 g/mol. The monoisotopic (exact) mass is 282 g/mol. The summed E-state index contributed by atoms with van der Waals surface area (Å²) in [7, 11) is -3.26. The Bertz CT molecular complexity index is 481. The van der Waals surface area contributed by atoms with Crippen LogP contribution in [0.5, 0.6) is 0 Å². The second-order valence-electron chi connectivity index (χ2n) is 5.00. The maximum Gasteiger partial charge on any atom is 0.216 e. The first-order valence-electron chi connectivity index (χ1n) is 6.90. The van der Waals surface area contributed by atoms with Crippen molar-refractivity contribution in [3.63, 3.8) is 0 Å². The third-order valence-electron chi connectivity index (χ3n) is 3.61. The average Bonchev–Trinajstić information content (AvgIpc) is 2.47. The van der Waals surface area contributed by atoms with E-state index in [1.54, 1.807) is 0 Å². The first-order valence-corrected chi connectivity index (χ1v) is 8.45. The molecule has 1 saturated heterocycles. The molecule has 19 heavy (non-hydrogen) atoms. The molecule has 0 aliphatic carbocycles. The lowest BCUT2D eigenvalue weighted by Gasteiger charge is -2.26. The molecule has 1 aromatic carbocycles. The predicted octanol–water partition coefficient (Wildman–Crippen LogP) is 1.81. The summed E-state index contributed by atoms with van der Waals surface area (Å²) < 4.78 is 27.6. The Morgan fingerprint density at radius 3 is 2.68 bits per heavy atom. The summed E-state index contributed by atoms with van der Waals surface area (Å²) >= 11 is 0. The van der Waals surface area contributed by atoms with Gasteiger partial charge in [-0.25, -0.2) is 13.1 Å². The molecule has 0 aromatic heterocycles. The van der Waals surface area contributed by atoms with Gasteiger partial charge in [0.25, 0.3) is 0 Å². The Kier molecular flexibility index (Phi) is 4.96. The molecule has 0 amide bonds. The van der Waals surface area contributed by atoms with E-state index in [1.165, 1.54) is 0 Å². The summed E-state index contributed by atoms with van der Waals surface area (Å²) in [6.45, 7) is 3.47. The lowest BCUT2D eigenvalue weighted by atomic mass is 10.1. The number of piperidine rings is 1. The lowest BCUT2D eigenvalue weighted by Crippen LogP contribution is -2.45. The molecule has 2 rings (SSSR count). The van der Waals surface area contributed by atoms with E-state index in [0.717, 1.165) is 31.4 Å². The fraction of sp³-hybridized carbons (Fsp3) is 0.571. The zero-order valence-corrected chi connectivity index (χ0v) is 12.1. The van der Waals surface area contributed by atoms with Crippen molar-refractivity contribution in [2.45, 2.75) is 37.5 Å². The minimum Gasteiger partial charge on any atom is -0.315 e. The smallest absolute Gasteiger partial charge is 0.216 e. The molecule has 106 valence electrons. The van der Waals surface area contributed by atoms with E-state index in [4.69, 9.17) is 0 Å². The van der Waals surface area contributed by atoms with E-state index in [0.29, 0.717) is 6.54 Å². The van der Waals surface area contributed by atoms with Crippen LogP contribution in [0.15, 0.2) is 30.3 Å². The van der Waals surface area contributed by atoms with Crippen molar-refractivity contribution < 1.29 is 8.42 Å². The van der Waals surface area contributed by atoms with E-state index in [-0.39, 0.29) is 11.3 Å². The fourth-order valence-corrected chi connectivity index (χ4v) is 4.16. The van der Waals surface area contributed by atoms with Gasteiger partial charge in [0.2, 0.25) is 10.0 Å². The van der Waals surface area contributed by atoms with Crippen LogP contribution >= 0.6 is 0 Å². The van der Waals surface area contributed by atoms with Crippen molar-refractivity contribution >= 4 is 10.0 Å². The highest BCUT2D eigenvalue weighted by atomic mass is 32.2. The van der Waals surface area contributed by atoms with Crippen LogP contribution in [0.2, 0.25) is 0 Å². The van der Waals surface area contributed by atoms with Crippen molar-refractivity contribution in [3.8, 4) is 0 Å². The van der Waals surface area contributed by atoms with Crippen molar-refractivity contribution in [2.24, 2.45) is 0 Å². The van der Waals surface area contributed by atoms with Gasteiger partial charge in [0.1, 0.15) is 0 Å². The van der Waals surface area contributed by atoms with Gasteiger partial charge in [0.05, 0.1) is 5.25 Å². The number of hydrogen-bond acceptors (Lipinski definition) is 3. The first-order chi connectivity index (χ1) is 9.13. The van der Waals surface area contributed by atoms with Crippen LogP contribution in [0.4, 0.5) is 0 Å². The quantitative estimate of drug-likeness (QED) is 0.866. The van der Waals surface area contributed by atoms with E-state index >= 15 is 0 Å². The zero-order chi connectivity index (χ0) is 13.7. The van der Waals surface area contributed by atoms with E-state index < -0.39 is 10.0 Å². The third kappa shape index (κ3) is 3.78. The Morgan fingerprint density at radius 1 is 1.37 bits per heavy atom. The standard InChI is InChI=1S/C14H22N2O2S/c1-2-14(12-7-4-3-5-8-12)16-19(17,18)13-9-6-10-15-11-13/h3-5,7-8,13-16H,2,6,9-11H2,1H3. The van der Waals surface area contributed by atoms with Crippen LogP contribution in [0, 0.1) is 0 Å². The minimum absolute atomic E-state index is 0.131. The van der Waals surface area contributed by atoms with E-state index in [9.17, 15) is 8.42 Å². The second kappa shape index (κ2) is 6.50. The number of rotatable bonds is 5. The third-order valence-corrected chi connectivity index (χ3v) is 5.50. The Hall–Kier alpha value is -0.910. The van der Waals surface area contributed by atoms with Crippen molar-refractivity contribution in [1.82, 2.24) is 10.0 Å². The lowest BCUT2D eigenvalue weighted by molar-refractivity contribution is 0.480. The number of sulfonamides is 1. The number of hydrogen-bond donors (Lipinski definition) is 2. The molecule has 0 spiro atoms. The van der Waals surface area contributed by atoms with E-state index in [2.05, 4.69) is 10.0 Å². The van der Waals surface area contributed by atoms with E-state index in [1.807, 2.05) is 37.3 Å². The second-order valence-corrected chi connectivity index (χ2v) is 7.00. The summed E-state index contributed by atoms with van der Waals surface area (Å²) in [5.41, 5.74) is 1.03. The van der Waals surface area contributed by atoms with Gasteiger partial charge < -0.3 is 5.32 Å². The SMILES string of the molecule is CCC(NS(=O)(=O)C1CCCNC1)c1ccccc1. The highest BCUT2D eigenvalue weighted by Crippen LogP contribution is 2.20. The van der Waals surface area contributed by atoms with Crippen LogP contribution in [0.1, 0.15) is 37.8 Å². The topological polar surface area (TPSA) is 58.2 Å². The van der Waals surface area contributed by atoms with Crippen molar-refractivity contribution in [2.75, 3.05) is 13.1 Å². The van der Waals surface area contributed by atoms with Gasteiger partial charge in [-0.05, 0) is 31.4 Å². The molecule has 2 atom stereocenters. The highest BCUT2D eigenvalue weighted by molar-refractivity contribution is 7.90. The molecular formula is C14H22N2O2S. The van der Waals surface area contributed by atoms with Crippen LogP contribution in [0.3, 0.4) is 0 Å². The summed E-state index contributed by atoms with van der Waals surface area (Å²) in [6, 6.07) is 9.62. The summed E-state index contributed by atoms with van der Waals surface area (Å²) in [5.74, 6) is 0. The van der Waals surface area contributed by atoms with Crippen molar-refractivity contribution in [3.05, 3.63) is 35.9 Å².